The molecular weight excluding hydrogens is 515 g/mol. The molecule has 0 unspecified atom stereocenters. The quantitative estimate of drug-likeness (QED) is 0.254. The maximum Gasteiger partial charge on any atom is 0.244 e. The van der Waals surface area contributed by atoms with Crippen LogP contribution in [-0.2, 0) is 17.8 Å². The predicted molar refractivity (Wildman–Crippen MR) is 132 cm³/mol. The Kier molecular flexibility index (Phi) is 8.97. The molecule has 0 radical (unpaired) electrons. The number of hydrogen-bond donors (Lipinski definition) is 1. The van der Waals surface area contributed by atoms with E-state index in [0.717, 1.165) is 15.6 Å². The fraction of sp³-hybridized carbons (Fsp3) is 0.167. The zero-order chi connectivity index (χ0) is 22.9. The highest BCUT2D eigenvalue weighted by molar-refractivity contribution is 9.10. The van der Waals surface area contributed by atoms with E-state index in [-0.39, 0.29) is 12.3 Å². The molecule has 0 spiro atoms. The van der Waals surface area contributed by atoms with Crippen LogP contribution in [0.4, 0.5) is 0 Å². The SMILES string of the molecule is CCOc1cc(/C=N/NC(=O)Cc2ccc(Br)cc2)cc(Cl)c1OCc1cccc(Cl)c1. The lowest BCUT2D eigenvalue weighted by Gasteiger charge is -2.14. The van der Waals surface area contributed by atoms with E-state index in [1.165, 1.54) is 6.21 Å². The number of benzene rings is 3. The molecule has 0 aliphatic rings. The monoisotopic (exact) mass is 534 g/mol. The van der Waals surface area contributed by atoms with Gasteiger partial charge in [-0.2, -0.15) is 5.10 Å². The number of rotatable bonds is 9. The third kappa shape index (κ3) is 7.26. The average Bonchev–Trinajstić information content (AvgIpc) is 2.75. The van der Waals surface area contributed by atoms with Crippen LogP contribution in [0.1, 0.15) is 23.6 Å². The van der Waals surface area contributed by atoms with Crippen molar-refractivity contribution in [3.63, 3.8) is 0 Å². The number of halogens is 3. The van der Waals surface area contributed by atoms with E-state index in [9.17, 15) is 4.79 Å². The Bertz CT molecular complexity index is 1100. The first-order valence-electron chi connectivity index (χ1n) is 9.84. The number of hydrazone groups is 1. The van der Waals surface area contributed by atoms with Gasteiger partial charge in [0.05, 0.1) is 24.3 Å². The molecule has 0 aliphatic carbocycles. The van der Waals surface area contributed by atoms with Crippen LogP contribution in [0.2, 0.25) is 10.0 Å². The first-order chi connectivity index (χ1) is 15.4. The molecule has 1 N–H and O–H groups in total. The van der Waals surface area contributed by atoms with Crippen molar-refractivity contribution in [1.82, 2.24) is 5.43 Å². The summed E-state index contributed by atoms with van der Waals surface area (Å²) in [7, 11) is 0. The van der Waals surface area contributed by atoms with Gasteiger partial charge in [0.15, 0.2) is 11.5 Å². The van der Waals surface area contributed by atoms with Gasteiger partial charge in [0.1, 0.15) is 6.61 Å². The molecule has 0 atom stereocenters. The van der Waals surface area contributed by atoms with Gasteiger partial charge in [0.2, 0.25) is 5.91 Å². The topological polar surface area (TPSA) is 59.9 Å². The Morgan fingerprint density at radius 3 is 2.56 bits per heavy atom. The Morgan fingerprint density at radius 1 is 1.06 bits per heavy atom. The second-order valence-electron chi connectivity index (χ2n) is 6.78. The maximum atomic E-state index is 12.1. The van der Waals surface area contributed by atoms with Gasteiger partial charge in [-0.25, -0.2) is 5.43 Å². The van der Waals surface area contributed by atoms with Crippen LogP contribution < -0.4 is 14.9 Å². The van der Waals surface area contributed by atoms with Crippen molar-refractivity contribution in [2.45, 2.75) is 20.0 Å². The Morgan fingerprint density at radius 2 is 1.84 bits per heavy atom. The van der Waals surface area contributed by atoms with E-state index in [1.807, 2.05) is 49.4 Å². The lowest BCUT2D eigenvalue weighted by atomic mass is 10.1. The molecule has 0 bridgehead atoms. The fourth-order valence-corrected chi connectivity index (χ4v) is 3.60. The summed E-state index contributed by atoms with van der Waals surface area (Å²) in [5, 5.41) is 5.04. The van der Waals surface area contributed by atoms with Gasteiger partial charge in [-0.05, 0) is 60.0 Å². The standard InChI is InChI=1S/C24H21BrCl2N2O3/c1-2-31-22-12-18(14-28-29-23(30)13-16-6-8-19(25)9-7-16)11-21(27)24(22)32-15-17-4-3-5-20(26)10-17/h3-12,14H,2,13,15H2,1H3,(H,29,30)/b28-14+. The van der Waals surface area contributed by atoms with E-state index in [2.05, 4.69) is 26.5 Å². The number of hydrogen-bond acceptors (Lipinski definition) is 4. The number of carbonyl (C=O) groups is 1. The van der Waals surface area contributed by atoms with Gasteiger partial charge in [0.25, 0.3) is 0 Å². The van der Waals surface area contributed by atoms with Gasteiger partial charge in [0, 0.05) is 9.50 Å². The predicted octanol–water partition coefficient (Wildman–Crippen LogP) is 6.43. The highest BCUT2D eigenvalue weighted by atomic mass is 79.9. The molecule has 3 aromatic carbocycles. The third-order valence-electron chi connectivity index (χ3n) is 4.28. The molecular formula is C24H21BrCl2N2O3. The van der Waals surface area contributed by atoms with Gasteiger partial charge in [-0.1, -0.05) is 63.4 Å². The second kappa shape index (κ2) is 11.9. The molecule has 32 heavy (non-hydrogen) atoms. The summed E-state index contributed by atoms with van der Waals surface area (Å²) in [4.78, 5) is 12.1. The molecule has 0 heterocycles. The number of amides is 1. The number of carbonyl (C=O) groups excluding carboxylic acids is 1. The van der Waals surface area contributed by atoms with Gasteiger partial charge >= 0.3 is 0 Å². The Balaban J connectivity index is 1.66. The minimum Gasteiger partial charge on any atom is -0.490 e. The molecule has 0 saturated carbocycles. The molecule has 0 aliphatic heterocycles. The smallest absolute Gasteiger partial charge is 0.244 e. The number of nitrogens with zero attached hydrogens (tertiary/aromatic N) is 1. The fourth-order valence-electron chi connectivity index (χ4n) is 2.85. The third-order valence-corrected chi connectivity index (χ3v) is 5.33. The molecule has 0 aromatic heterocycles. The van der Waals surface area contributed by atoms with Crippen LogP contribution in [0.25, 0.3) is 0 Å². The lowest BCUT2D eigenvalue weighted by molar-refractivity contribution is -0.120. The van der Waals surface area contributed by atoms with Crippen LogP contribution in [0.15, 0.2) is 70.2 Å². The molecule has 0 fully saturated rings. The van der Waals surface area contributed by atoms with E-state index in [4.69, 9.17) is 32.7 Å². The first kappa shape index (κ1) is 24.1. The van der Waals surface area contributed by atoms with E-state index < -0.39 is 0 Å². The van der Waals surface area contributed by atoms with Crippen molar-refractivity contribution >= 4 is 51.3 Å². The lowest BCUT2D eigenvalue weighted by Crippen LogP contribution is -2.19. The largest absolute Gasteiger partial charge is 0.490 e. The maximum absolute atomic E-state index is 12.1. The normalized spacial score (nSPS) is 10.9. The van der Waals surface area contributed by atoms with Crippen molar-refractivity contribution in [2.24, 2.45) is 5.10 Å². The van der Waals surface area contributed by atoms with E-state index in [0.29, 0.717) is 40.3 Å². The second-order valence-corrected chi connectivity index (χ2v) is 8.54. The van der Waals surface area contributed by atoms with Crippen molar-refractivity contribution in [3.8, 4) is 11.5 Å². The van der Waals surface area contributed by atoms with Crippen molar-refractivity contribution < 1.29 is 14.3 Å². The summed E-state index contributed by atoms with van der Waals surface area (Å²) in [6.07, 6.45) is 1.74. The highest BCUT2D eigenvalue weighted by Crippen LogP contribution is 2.37. The number of ether oxygens (including phenoxy) is 2. The van der Waals surface area contributed by atoms with Crippen molar-refractivity contribution in [1.29, 1.82) is 0 Å². The molecule has 3 rings (SSSR count). The molecule has 1 amide bonds. The van der Waals surface area contributed by atoms with Crippen LogP contribution in [0.3, 0.4) is 0 Å². The summed E-state index contributed by atoms with van der Waals surface area (Å²) in [6, 6.07) is 18.4. The minimum absolute atomic E-state index is 0.221. The summed E-state index contributed by atoms with van der Waals surface area (Å²) in [5.41, 5.74) is 4.99. The summed E-state index contributed by atoms with van der Waals surface area (Å²) >= 11 is 15.8. The first-order valence-corrected chi connectivity index (χ1v) is 11.4. The van der Waals surface area contributed by atoms with Gasteiger partial charge < -0.3 is 9.47 Å². The molecule has 8 heteroatoms. The average molecular weight is 536 g/mol. The zero-order valence-corrected chi connectivity index (χ0v) is 20.4. The summed E-state index contributed by atoms with van der Waals surface area (Å²) in [5.74, 6) is 0.704. The van der Waals surface area contributed by atoms with Crippen LogP contribution >= 0.6 is 39.1 Å². The van der Waals surface area contributed by atoms with Crippen LogP contribution in [0.5, 0.6) is 11.5 Å². The van der Waals surface area contributed by atoms with Crippen LogP contribution in [0, 0.1) is 0 Å². The summed E-state index contributed by atoms with van der Waals surface area (Å²) < 4.78 is 12.6. The number of nitrogens with one attached hydrogen (secondary N) is 1. The highest BCUT2D eigenvalue weighted by Gasteiger charge is 2.13. The van der Waals surface area contributed by atoms with Crippen LogP contribution in [-0.4, -0.2) is 18.7 Å². The zero-order valence-electron chi connectivity index (χ0n) is 17.3. The van der Waals surface area contributed by atoms with Crippen molar-refractivity contribution in [2.75, 3.05) is 6.61 Å². The van der Waals surface area contributed by atoms with Gasteiger partial charge in [-0.15, -0.1) is 0 Å². The Labute approximate surface area is 205 Å². The summed E-state index contributed by atoms with van der Waals surface area (Å²) in [6.45, 7) is 2.60. The molecule has 5 nitrogen and oxygen atoms in total. The molecule has 166 valence electrons. The van der Waals surface area contributed by atoms with E-state index >= 15 is 0 Å². The Hall–Kier alpha value is -2.54. The minimum atomic E-state index is -0.221. The molecule has 3 aromatic rings. The van der Waals surface area contributed by atoms with Gasteiger partial charge in [-0.3, -0.25) is 4.79 Å². The van der Waals surface area contributed by atoms with Crippen molar-refractivity contribution in [3.05, 3.63) is 91.9 Å². The molecule has 0 saturated heterocycles. The van der Waals surface area contributed by atoms with E-state index in [1.54, 1.807) is 18.2 Å².